The highest BCUT2D eigenvalue weighted by atomic mass is 32.1. The van der Waals surface area contributed by atoms with Crippen LogP contribution in [0.5, 0.6) is 11.5 Å². The second-order valence-corrected chi connectivity index (χ2v) is 6.15. The van der Waals surface area contributed by atoms with Gasteiger partial charge in [0.1, 0.15) is 30.0 Å². The Labute approximate surface area is 148 Å². The summed E-state index contributed by atoms with van der Waals surface area (Å²) in [4.78, 5) is 8.85. The molecule has 1 aliphatic rings. The first kappa shape index (κ1) is 15.4. The Morgan fingerprint density at radius 1 is 1.12 bits per heavy atom. The Bertz CT molecular complexity index is 974. The van der Waals surface area contributed by atoms with Crippen LogP contribution in [0.25, 0.3) is 23.0 Å². The molecular formula is C19H13N3O2S. The predicted octanol–water partition coefficient (Wildman–Crippen LogP) is 4.04. The van der Waals surface area contributed by atoms with Gasteiger partial charge in [-0.3, -0.25) is 4.98 Å². The van der Waals surface area contributed by atoms with Gasteiger partial charge < -0.3 is 9.47 Å². The third-order valence-corrected chi connectivity index (χ3v) is 4.55. The standard InChI is InChI=1S/C19H13N3O2S/c20-11-14(10-13-4-3-6-17-18(13)24-9-8-23-17)19-22-16(12-25-19)15-5-1-2-7-21-15/h1-7,10,12H,8-9H2/b14-10+. The van der Waals surface area contributed by atoms with Crippen molar-refractivity contribution in [1.29, 1.82) is 5.26 Å². The van der Waals surface area contributed by atoms with Crippen LogP contribution in [0.1, 0.15) is 10.6 Å². The average molecular weight is 347 g/mol. The number of rotatable bonds is 3. The van der Waals surface area contributed by atoms with Crippen LogP contribution in [0.15, 0.2) is 48.0 Å². The summed E-state index contributed by atoms with van der Waals surface area (Å²) in [6.07, 6.45) is 3.51. The summed E-state index contributed by atoms with van der Waals surface area (Å²) in [5, 5.41) is 12.1. The minimum Gasteiger partial charge on any atom is -0.486 e. The van der Waals surface area contributed by atoms with Gasteiger partial charge in [0.15, 0.2) is 11.5 Å². The van der Waals surface area contributed by atoms with Gasteiger partial charge in [-0.2, -0.15) is 5.26 Å². The van der Waals surface area contributed by atoms with Crippen molar-refractivity contribution in [2.75, 3.05) is 13.2 Å². The molecule has 0 fully saturated rings. The zero-order valence-corrected chi connectivity index (χ0v) is 14.0. The lowest BCUT2D eigenvalue weighted by molar-refractivity contribution is 0.171. The molecule has 0 spiro atoms. The van der Waals surface area contributed by atoms with Gasteiger partial charge in [-0.1, -0.05) is 18.2 Å². The van der Waals surface area contributed by atoms with Crippen LogP contribution in [-0.4, -0.2) is 23.2 Å². The molecule has 6 heteroatoms. The molecule has 0 saturated carbocycles. The van der Waals surface area contributed by atoms with Crippen molar-refractivity contribution >= 4 is 23.0 Å². The average Bonchev–Trinajstić information content (AvgIpc) is 3.17. The molecule has 0 saturated heterocycles. The van der Waals surface area contributed by atoms with Gasteiger partial charge in [0.2, 0.25) is 0 Å². The lowest BCUT2D eigenvalue weighted by atomic mass is 10.1. The number of nitrogens with zero attached hydrogens (tertiary/aromatic N) is 3. The van der Waals surface area contributed by atoms with E-state index in [-0.39, 0.29) is 0 Å². The van der Waals surface area contributed by atoms with E-state index in [2.05, 4.69) is 16.0 Å². The molecule has 1 aromatic carbocycles. The summed E-state index contributed by atoms with van der Waals surface area (Å²) >= 11 is 1.42. The third-order valence-electron chi connectivity index (χ3n) is 3.68. The first-order valence-electron chi connectivity index (χ1n) is 7.73. The third kappa shape index (κ3) is 3.10. The van der Waals surface area contributed by atoms with E-state index >= 15 is 0 Å². The van der Waals surface area contributed by atoms with Crippen molar-refractivity contribution in [1.82, 2.24) is 9.97 Å². The van der Waals surface area contributed by atoms with E-state index in [1.807, 2.05) is 41.8 Å². The lowest BCUT2D eigenvalue weighted by Gasteiger charge is -2.19. The van der Waals surface area contributed by atoms with Crippen molar-refractivity contribution in [2.24, 2.45) is 0 Å². The molecule has 122 valence electrons. The van der Waals surface area contributed by atoms with Crippen molar-refractivity contribution < 1.29 is 9.47 Å². The number of fused-ring (bicyclic) bond motifs is 1. The second-order valence-electron chi connectivity index (χ2n) is 5.29. The van der Waals surface area contributed by atoms with Crippen molar-refractivity contribution in [3.05, 3.63) is 58.5 Å². The van der Waals surface area contributed by atoms with E-state index in [4.69, 9.17) is 9.47 Å². The molecule has 2 aromatic heterocycles. The van der Waals surface area contributed by atoms with Crippen LogP contribution >= 0.6 is 11.3 Å². The molecule has 0 atom stereocenters. The van der Waals surface area contributed by atoms with Gasteiger partial charge in [-0.05, 0) is 24.3 Å². The molecule has 4 rings (SSSR count). The molecule has 0 aliphatic carbocycles. The maximum Gasteiger partial charge on any atom is 0.168 e. The molecule has 25 heavy (non-hydrogen) atoms. The predicted molar refractivity (Wildman–Crippen MR) is 96.3 cm³/mol. The van der Waals surface area contributed by atoms with Crippen LogP contribution in [0.4, 0.5) is 0 Å². The summed E-state index contributed by atoms with van der Waals surface area (Å²) < 4.78 is 11.3. The van der Waals surface area contributed by atoms with Crippen molar-refractivity contribution in [3.8, 4) is 29.0 Å². The maximum atomic E-state index is 9.59. The molecule has 1 aliphatic heterocycles. The van der Waals surface area contributed by atoms with E-state index in [9.17, 15) is 5.26 Å². The van der Waals surface area contributed by atoms with Gasteiger partial charge in [0.25, 0.3) is 0 Å². The number of allylic oxidation sites excluding steroid dienone is 1. The zero-order valence-electron chi connectivity index (χ0n) is 13.2. The number of para-hydroxylation sites is 1. The number of pyridine rings is 1. The smallest absolute Gasteiger partial charge is 0.168 e. The topological polar surface area (TPSA) is 68.0 Å². The number of hydrogen-bond acceptors (Lipinski definition) is 6. The molecule has 0 N–H and O–H groups in total. The van der Waals surface area contributed by atoms with Gasteiger partial charge in [-0.25, -0.2) is 4.98 Å². The van der Waals surface area contributed by atoms with Gasteiger partial charge in [0, 0.05) is 17.1 Å². The Morgan fingerprint density at radius 3 is 2.88 bits per heavy atom. The monoisotopic (exact) mass is 347 g/mol. The second kappa shape index (κ2) is 6.75. The van der Waals surface area contributed by atoms with Crippen LogP contribution in [0.3, 0.4) is 0 Å². The summed E-state index contributed by atoms with van der Waals surface area (Å²) in [5.41, 5.74) is 2.84. The fourth-order valence-electron chi connectivity index (χ4n) is 2.54. The van der Waals surface area contributed by atoms with Crippen LogP contribution < -0.4 is 9.47 Å². The van der Waals surface area contributed by atoms with E-state index in [0.29, 0.717) is 35.3 Å². The van der Waals surface area contributed by atoms with Gasteiger partial charge in [-0.15, -0.1) is 11.3 Å². The largest absolute Gasteiger partial charge is 0.486 e. The van der Waals surface area contributed by atoms with Crippen LogP contribution in [0.2, 0.25) is 0 Å². The van der Waals surface area contributed by atoms with Crippen LogP contribution in [0, 0.1) is 11.3 Å². The molecule has 3 heterocycles. The normalized spacial score (nSPS) is 13.3. The van der Waals surface area contributed by atoms with Crippen LogP contribution in [-0.2, 0) is 0 Å². The number of hydrogen-bond donors (Lipinski definition) is 0. The van der Waals surface area contributed by atoms with E-state index in [1.165, 1.54) is 11.3 Å². The highest BCUT2D eigenvalue weighted by molar-refractivity contribution is 7.11. The molecule has 0 bridgehead atoms. The number of aromatic nitrogens is 2. The highest BCUT2D eigenvalue weighted by Crippen LogP contribution is 2.36. The molecule has 3 aromatic rings. The molecular weight excluding hydrogens is 334 g/mol. The molecule has 0 radical (unpaired) electrons. The fraction of sp³-hybridized carbons (Fsp3) is 0.105. The summed E-state index contributed by atoms with van der Waals surface area (Å²) in [6, 6.07) is 13.5. The molecule has 5 nitrogen and oxygen atoms in total. The Hall–Kier alpha value is -3.17. The van der Waals surface area contributed by atoms with Gasteiger partial charge in [0.05, 0.1) is 11.3 Å². The molecule has 0 unspecified atom stereocenters. The Balaban J connectivity index is 1.71. The van der Waals surface area contributed by atoms with E-state index in [0.717, 1.165) is 17.0 Å². The van der Waals surface area contributed by atoms with E-state index in [1.54, 1.807) is 12.3 Å². The van der Waals surface area contributed by atoms with Crippen molar-refractivity contribution in [2.45, 2.75) is 0 Å². The first-order chi connectivity index (χ1) is 12.3. The lowest BCUT2D eigenvalue weighted by Crippen LogP contribution is -2.15. The zero-order chi connectivity index (χ0) is 17.1. The number of benzene rings is 1. The fourth-order valence-corrected chi connectivity index (χ4v) is 3.32. The van der Waals surface area contributed by atoms with Crippen molar-refractivity contribution in [3.63, 3.8) is 0 Å². The quantitative estimate of drug-likeness (QED) is 0.669. The Kier molecular flexibility index (Phi) is 4.15. The number of thiazole rings is 1. The van der Waals surface area contributed by atoms with E-state index < -0.39 is 0 Å². The highest BCUT2D eigenvalue weighted by Gasteiger charge is 2.16. The maximum absolute atomic E-state index is 9.59. The first-order valence-corrected chi connectivity index (χ1v) is 8.61. The minimum atomic E-state index is 0.481. The minimum absolute atomic E-state index is 0.481. The summed E-state index contributed by atoms with van der Waals surface area (Å²) in [7, 11) is 0. The molecule has 0 amide bonds. The number of nitriles is 1. The SMILES string of the molecule is N#C/C(=C\c1cccc2c1OCCO2)c1nc(-c2ccccn2)cs1. The Morgan fingerprint density at radius 2 is 2.04 bits per heavy atom. The number of ether oxygens (including phenoxy) is 2. The summed E-state index contributed by atoms with van der Waals surface area (Å²) in [5.74, 6) is 1.37. The van der Waals surface area contributed by atoms with Gasteiger partial charge >= 0.3 is 0 Å². The summed E-state index contributed by atoms with van der Waals surface area (Å²) in [6.45, 7) is 1.03.